The average Bonchev–Trinajstić information content (AvgIpc) is 2.77. The quantitative estimate of drug-likeness (QED) is 0.817. The first kappa shape index (κ1) is 13.2. The van der Waals surface area contributed by atoms with Crippen LogP contribution in [0.3, 0.4) is 0 Å². The van der Waals surface area contributed by atoms with Crippen LogP contribution in [0.15, 0.2) is 24.3 Å². The molecule has 1 saturated carbocycles. The van der Waals surface area contributed by atoms with Gasteiger partial charge in [-0.3, -0.25) is 0 Å². The largest absolute Gasteiger partial charge is 0.307 e. The third kappa shape index (κ3) is 2.12. The van der Waals surface area contributed by atoms with Crippen LogP contribution in [0.25, 0.3) is 0 Å². The van der Waals surface area contributed by atoms with Gasteiger partial charge in [-0.15, -0.1) is 0 Å². The van der Waals surface area contributed by atoms with E-state index in [1.165, 1.54) is 37.7 Å². The predicted molar refractivity (Wildman–Crippen MR) is 81.4 cm³/mol. The van der Waals surface area contributed by atoms with Gasteiger partial charge >= 0.3 is 0 Å². The van der Waals surface area contributed by atoms with E-state index in [4.69, 9.17) is 0 Å². The van der Waals surface area contributed by atoms with Gasteiger partial charge in [-0.1, -0.05) is 51.5 Å². The Kier molecular flexibility index (Phi) is 3.21. The summed E-state index contributed by atoms with van der Waals surface area (Å²) < 4.78 is 0. The molecule has 1 unspecified atom stereocenters. The molecule has 1 atom stereocenters. The summed E-state index contributed by atoms with van der Waals surface area (Å²) in [5.74, 6) is 0.844. The summed E-state index contributed by atoms with van der Waals surface area (Å²) in [7, 11) is 0. The minimum absolute atomic E-state index is 0.172. The SMILES string of the molecule is CC(C)(C)C1(c2ccc(C3CCC3)cc2)CCCN1. The van der Waals surface area contributed by atoms with Crippen molar-refractivity contribution in [3.8, 4) is 0 Å². The van der Waals surface area contributed by atoms with Gasteiger partial charge in [0.25, 0.3) is 0 Å². The molecule has 0 aromatic heterocycles. The van der Waals surface area contributed by atoms with E-state index in [2.05, 4.69) is 50.4 Å². The minimum atomic E-state index is 0.172. The zero-order chi connectivity index (χ0) is 13.5. The summed E-state index contributed by atoms with van der Waals surface area (Å²) in [5.41, 5.74) is 3.48. The fourth-order valence-corrected chi connectivity index (χ4v) is 3.84. The van der Waals surface area contributed by atoms with E-state index in [1.54, 1.807) is 5.56 Å². The van der Waals surface area contributed by atoms with E-state index >= 15 is 0 Å². The standard InChI is InChI=1S/C18H27N/c1-17(2,3)18(12-5-13-19-18)16-10-8-15(9-11-16)14-6-4-7-14/h8-11,14,19H,4-7,12-13H2,1-3H3. The van der Waals surface area contributed by atoms with Crippen LogP contribution < -0.4 is 5.32 Å². The van der Waals surface area contributed by atoms with Gasteiger partial charge in [-0.25, -0.2) is 0 Å². The maximum atomic E-state index is 3.80. The fraction of sp³-hybridized carbons (Fsp3) is 0.667. The predicted octanol–water partition coefficient (Wildman–Crippen LogP) is 4.58. The van der Waals surface area contributed by atoms with E-state index in [0.29, 0.717) is 0 Å². The highest BCUT2D eigenvalue weighted by molar-refractivity contribution is 5.33. The van der Waals surface area contributed by atoms with Crippen LogP contribution in [-0.4, -0.2) is 6.54 Å². The molecule has 19 heavy (non-hydrogen) atoms. The fourth-order valence-electron chi connectivity index (χ4n) is 3.84. The summed E-state index contributed by atoms with van der Waals surface area (Å²) in [6.07, 6.45) is 6.75. The molecule has 2 fully saturated rings. The first-order valence-electron chi connectivity index (χ1n) is 7.88. The highest BCUT2D eigenvalue weighted by atomic mass is 15.0. The van der Waals surface area contributed by atoms with Crippen molar-refractivity contribution in [3.63, 3.8) is 0 Å². The van der Waals surface area contributed by atoms with Crippen LogP contribution in [0.5, 0.6) is 0 Å². The summed E-state index contributed by atoms with van der Waals surface area (Å²) >= 11 is 0. The monoisotopic (exact) mass is 257 g/mol. The molecule has 3 rings (SSSR count). The van der Waals surface area contributed by atoms with Crippen molar-refractivity contribution < 1.29 is 0 Å². The van der Waals surface area contributed by atoms with Crippen molar-refractivity contribution in [2.75, 3.05) is 6.54 Å². The van der Waals surface area contributed by atoms with E-state index < -0.39 is 0 Å². The number of nitrogens with one attached hydrogen (secondary N) is 1. The van der Waals surface area contributed by atoms with Gasteiger partial charge in [0, 0.05) is 5.54 Å². The van der Waals surface area contributed by atoms with E-state index in [9.17, 15) is 0 Å². The van der Waals surface area contributed by atoms with Gasteiger partial charge < -0.3 is 5.32 Å². The molecule has 1 heteroatoms. The normalized spacial score (nSPS) is 28.4. The second kappa shape index (κ2) is 4.63. The van der Waals surface area contributed by atoms with Crippen molar-refractivity contribution >= 4 is 0 Å². The number of hydrogen-bond acceptors (Lipinski definition) is 1. The van der Waals surface area contributed by atoms with Crippen LogP contribution in [0.2, 0.25) is 0 Å². The lowest BCUT2D eigenvalue weighted by molar-refractivity contribution is 0.160. The van der Waals surface area contributed by atoms with Crippen LogP contribution >= 0.6 is 0 Å². The molecule has 2 aliphatic rings. The zero-order valence-corrected chi connectivity index (χ0v) is 12.6. The lowest BCUT2D eigenvalue weighted by Gasteiger charge is -2.43. The molecule has 1 aromatic rings. The van der Waals surface area contributed by atoms with E-state index in [0.717, 1.165) is 12.5 Å². The second-order valence-electron chi connectivity index (χ2n) is 7.44. The Labute approximate surface area is 117 Å². The number of hydrogen-bond donors (Lipinski definition) is 1. The molecule has 0 amide bonds. The maximum absolute atomic E-state index is 3.80. The summed E-state index contributed by atoms with van der Waals surface area (Å²) in [6.45, 7) is 8.25. The second-order valence-corrected chi connectivity index (χ2v) is 7.44. The lowest BCUT2D eigenvalue weighted by Crippen LogP contribution is -2.48. The zero-order valence-electron chi connectivity index (χ0n) is 12.6. The van der Waals surface area contributed by atoms with Crippen molar-refractivity contribution in [2.45, 2.75) is 64.3 Å². The molecule has 1 aromatic carbocycles. The highest BCUT2D eigenvalue weighted by Crippen LogP contribution is 2.46. The number of rotatable bonds is 2. The first-order chi connectivity index (χ1) is 9.03. The van der Waals surface area contributed by atoms with Crippen molar-refractivity contribution in [2.24, 2.45) is 5.41 Å². The molecule has 0 spiro atoms. The van der Waals surface area contributed by atoms with Gasteiger partial charge in [0.2, 0.25) is 0 Å². The molecule has 1 heterocycles. The minimum Gasteiger partial charge on any atom is -0.307 e. The smallest absolute Gasteiger partial charge is 0.0484 e. The molecule has 1 nitrogen and oxygen atoms in total. The van der Waals surface area contributed by atoms with Crippen LogP contribution in [0, 0.1) is 5.41 Å². The number of benzene rings is 1. The van der Waals surface area contributed by atoms with Gasteiger partial charge in [0.15, 0.2) is 0 Å². The molecule has 1 aliphatic carbocycles. The average molecular weight is 257 g/mol. The molecule has 1 aliphatic heterocycles. The highest BCUT2D eigenvalue weighted by Gasteiger charge is 2.45. The molecule has 1 saturated heterocycles. The lowest BCUT2D eigenvalue weighted by atomic mass is 9.68. The Morgan fingerprint density at radius 3 is 2.16 bits per heavy atom. The van der Waals surface area contributed by atoms with Gasteiger partial charge in [0.05, 0.1) is 0 Å². The molecule has 0 radical (unpaired) electrons. The van der Waals surface area contributed by atoms with Crippen molar-refractivity contribution in [3.05, 3.63) is 35.4 Å². The third-order valence-corrected chi connectivity index (χ3v) is 5.42. The van der Waals surface area contributed by atoms with Crippen LogP contribution in [0.1, 0.15) is 69.9 Å². The Morgan fingerprint density at radius 2 is 1.74 bits per heavy atom. The van der Waals surface area contributed by atoms with Gasteiger partial charge in [-0.2, -0.15) is 0 Å². The summed E-state index contributed by atoms with van der Waals surface area (Å²) in [4.78, 5) is 0. The van der Waals surface area contributed by atoms with E-state index in [-0.39, 0.29) is 11.0 Å². The van der Waals surface area contributed by atoms with Gasteiger partial charge in [0.1, 0.15) is 0 Å². The topological polar surface area (TPSA) is 12.0 Å². The summed E-state index contributed by atoms with van der Waals surface area (Å²) in [5, 5.41) is 3.80. The first-order valence-corrected chi connectivity index (χ1v) is 7.88. The van der Waals surface area contributed by atoms with Crippen molar-refractivity contribution in [1.82, 2.24) is 5.32 Å². The van der Waals surface area contributed by atoms with Gasteiger partial charge in [-0.05, 0) is 54.7 Å². The van der Waals surface area contributed by atoms with Crippen LogP contribution in [0.4, 0.5) is 0 Å². The Balaban J connectivity index is 1.90. The molecular weight excluding hydrogens is 230 g/mol. The van der Waals surface area contributed by atoms with Crippen molar-refractivity contribution in [1.29, 1.82) is 0 Å². The molecular formula is C18H27N. The Morgan fingerprint density at radius 1 is 1.05 bits per heavy atom. The third-order valence-electron chi connectivity index (χ3n) is 5.42. The Hall–Kier alpha value is -0.820. The Bertz CT molecular complexity index is 428. The van der Waals surface area contributed by atoms with Crippen LogP contribution in [-0.2, 0) is 5.54 Å². The van der Waals surface area contributed by atoms with E-state index in [1.807, 2.05) is 0 Å². The molecule has 0 bridgehead atoms. The summed E-state index contributed by atoms with van der Waals surface area (Å²) in [6, 6.07) is 9.54. The molecule has 1 N–H and O–H groups in total. The molecule has 104 valence electrons. The maximum Gasteiger partial charge on any atom is 0.0484 e.